The number of hydrogen-bond donors (Lipinski definition) is 1. The van der Waals surface area contributed by atoms with Crippen molar-refractivity contribution >= 4 is 27.5 Å². The molecule has 3 rings (SSSR count). The van der Waals surface area contributed by atoms with Crippen molar-refractivity contribution in [1.29, 1.82) is 0 Å². The molecule has 0 bridgehead atoms. The van der Waals surface area contributed by atoms with Gasteiger partial charge in [-0.25, -0.2) is 0 Å². The Morgan fingerprint density at radius 2 is 1.77 bits per heavy atom. The van der Waals surface area contributed by atoms with Crippen LogP contribution in [0.2, 0.25) is 0 Å². The van der Waals surface area contributed by atoms with Crippen molar-refractivity contribution in [3.63, 3.8) is 0 Å². The summed E-state index contributed by atoms with van der Waals surface area (Å²) in [5.74, 6) is 0.439. The molecule has 2 aromatic carbocycles. The minimum absolute atomic E-state index is 0.171. The van der Waals surface area contributed by atoms with Crippen LogP contribution in [0.15, 0.2) is 69.8 Å². The Balaban J connectivity index is 1.93. The number of anilines is 1. The van der Waals surface area contributed by atoms with Crippen LogP contribution in [0.25, 0.3) is 11.1 Å². The van der Waals surface area contributed by atoms with Crippen LogP contribution in [0.4, 0.5) is 5.69 Å². The van der Waals surface area contributed by atoms with Crippen molar-refractivity contribution < 1.29 is 9.21 Å². The second-order valence-corrected chi connectivity index (χ2v) is 5.81. The topological polar surface area (TPSA) is 42.2 Å². The molecule has 0 fully saturated rings. The highest BCUT2D eigenvalue weighted by Gasteiger charge is 2.13. The van der Waals surface area contributed by atoms with E-state index in [9.17, 15) is 4.79 Å². The van der Waals surface area contributed by atoms with Crippen LogP contribution in [-0.4, -0.2) is 5.91 Å². The van der Waals surface area contributed by atoms with Crippen LogP contribution < -0.4 is 5.32 Å². The maximum Gasteiger partial charge on any atom is 0.259 e. The van der Waals surface area contributed by atoms with E-state index in [4.69, 9.17) is 4.42 Å². The van der Waals surface area contributed by atoms with Gasteiger partial charge in [0.05, 0.1) is 11.8 Å². The molecule has 0 aliphatic carbocycles. The van der Waals surface area contributed by atoms with Crippen molar-refractivity contribution in [2.24, 2.45) is 0 Å². The zero-order valence-electron chi connectivity index (χ0n) is 12.0. The average molecular weight is 356 g/mol. The molecule has 0 aliphatic heterocycles. The normalized spacial score (nSPS) is 10.5. The van der Waals surface area contributed by atoms with Crippen molar-refractivity contribution in [2.45, 2.75) is 6.92 Å². The smallest absolute Gasteiger partial charge is 0.259 e. The van der Waals surface area contributed by atoms with Crippen molar-refractivity contribution in [3.8, 4) is 11.1 Å². The van der Waals surface area contributed by atoms with E-state index in [1.807, 2.05) is 48.5 Å². The van der Waals surface area contributed by atoms with Crippen LogP contribution >= 0.6 is 15.9 Å². The van der Waals surface area contributed by atoms with E-state index in [2.05, 4.69) is 21.2 Å². The zero-order chi connectivity index (χ0) is 15.5. The SMILES string of the molecule is Cc1occc1C(=O)Nc1ccccc1-c1ccc(Br)cc1. The van der Waals surface area contributed by atoms with Crippen molar-refractivity contribution in [1.82, 2.24) is 0 Å². The number of carbonyl (C=O) groups excluding carboxylic acids is 1. The standard InChI is InChI=1S/C18H14BrNO2/c1-12-15(10-11-22-12)18(21)20-17-5-3-2-4-16(17)13-6-8-14(19)9-7-13/h2-11H,1H3,(H,20,21). The molecule has 1 amide bonds. The van der Waals surface area contributed by atoms with Gasteiger partial charge in [0.2, 0.25) is 0 Å². The monoisotopic (exact) mass is 355 g/mol. The molecule has 3 nitrogen and oxygen atoms in total. The summed E-state index contributed by atoms with van der Waals surface area (Å²) >= 11 is 3.43. The quantitative estimate of drug-likeness (QED) is 0.695. The van der Waals surface area contributed by atoms with Gasteiger partial charge < -0.3 is 9.73 Å². The van der Waals surface area contributed by atoms with Crippen LogP contribution in [0, 0.1) is 6.92 Å². The van der Waals surface area contributed by atoms with Gasteiger partial charge in [-0.2, -0.15) is 0 Å². The summed E-state index contributed by atoms with van der Waals surface area (Å²) in [5.41, 5.74) is 3.34. The van der Waals surface area contributed by atoms with Crippen LogP contribution in [-0.2, 0) is 0 Å². The first-order valence-corrected chi connectivity index (χ1v) is 7.65. The second kappa shape index (κ2) is 6.20. The molecule has 0 atom stereocenters. The minimum atomic E-state index is -0.171. The first-order chi connectivity index (χ1) is 10.6. The number of hydrogen-bond acceptors (Lipinski definition) is 2. The van der Waals surface area contributed by atoms with E-state index in [0.717, 1.165) is 21.3 Å². The molecule has 0 aliphatic rings. The third-order valence-electron chi connectivity index (χ3n) is 3.43. The molecule has 0 saturated heterocycles. The fourth-order valence-corrected chi connectivity index (χ4v) is 2.55. The number of amides is 1. The Kier molecular flexibility index (Phi) is 4.11. The number of para-hydroxylation sites is 1. The molecule has 0 saturated carbocycles. The summed E-state index contributed by atoms with van der Waals surface area (Å²) in [6.45, 7) is 1.77. The summed E-state index contributed by atoms with van der Waals surface area (Å²) < 4.78 is 6.21. The van der Waals surface area contributed by atoms with E-state index in [-0.39, 0.29) is 5.91 Å². The van der Waals surface area contributed by atoms with Crippen molar-refractivity contribution in [3.05, 3.63) is 76.7 Å². The molecular formula is C18H14BrNO2. The molecule has 22 heavy (non-hydrogen) atoms. The fraction of sp³-hybridized carbons (Fsp3) is 0.0556. The van der Waals surface area contributed by atoms with Gasteiger partial charge in [0.1, 0.15) is 5.76 Å². The summed E-state index contributed by atoms with van der Waals surface area (Å²) in [6, 6.07) is 17.4. The lowest BCUT2D eigenvalue weighted by molar-refractivity contribution is 0.102. The highest BCUT2D eigenvalue weighted by molar-refractivity contribution is 9.10. The van der Waals surface area contributed by atoms with Gasteiger partial charge >= 0.3 is 0 Å². The zero-order valence-corrected chi connectivity index (χ0v) is 13.6. The molecule has 1 heterocycles. The molecule has 110 valence electrons. The predicted molar refractivity (Wildman–Crippen MR) is 91.0 cm³/mol. The van der Waals surface area contributed by atoms with Crippen LogP contribution in [0.1, 0.15) is 16.1 Å². The Morgan fingerprint density at radius 3 is 2.45 bits per heavy atom. The Labute approximate surface area is 137 Å². The lowest BCUT2D eigenvalue weighted by atomic mass is 10.0. The maximum atomic E-state index is 12.4. The van der Waals surface area contributed by atoms with E-state index >= 15 is 0 Å². The van der Waals surface area contributed by atoms with Gasteiger partial charge in [-0.15, -0.1) is 0 Å². The Morgan fingerprint density at radius 1 is 1.05 bits per heavy atom. The molecule has 4 heteroatoms. The van der Waals surface area contributed by atoms with Gasteiger partial charge in [-0.1, -0.05) is 46.3 Å². The van der Waals surface area contributed by atoms with Crippen LogP contribution in [0.5, 0.6) is 0 Å². The van der Waals surface area contributed by atoms with E-state index < -0.39 is 0 Å². The molecule has 0 radical (unpaired) electrons. The van der Waals surface area contributed by atoms with Gasteiger partial charge in [0.15, 0.2) is 0 Å². The summed E-state index contributed by atoms with van der Waals surface area (Å²) in [6.07, 6.45) is 1.52. The number of benzene rings is 2. The minimum Gasteiger partial charge on any atom is -0.469 e. The second-order valence-electron chi connectivity index (χ2n) is 4.90. The number of rotatable bonds is 3. The summed E-state index contributed by atoms with van der Waals surface area (Å²) in [7, 11) is 0. The van der Waals surface area contributed by atoms with Gasteiger partial charge in [-0.3, -0.25) is 4.79 Å². The number of aryl methyl sites for hydroxylation is 1. The first-order valence-electron chi connectivity index (χ1n) is 6.85. The number of nitrogens with one attached hydrogen (secondary N) is 1. The van der Waals surface area contributed by atoms with Gasteiger partial charge in [-0.05, 0) is 36.8 Å². The third-order valence-corrected chi connectivity index (χ3v) is 3.96. The lowest BCUT2D eigenvalue weighted by Gasteiger charge is -2.11. The lowest BCUT2D eigenvalue weighted by Crippen LogP contribution is -2.12. The predicted octanol–water partition coefficient (Wildman–Crippen LogP) is 5.27. The molecular weight excluding hydrogens is 342 g/mol. The van der Waals surface area contributed by atoms with Crippen LogP contribution in [0.3, 0.4) is 0 Å². The average Bonchev–Trinajstić information content (AvgIpc) is 2.95. The van der Waals surface area contributed by atoms with E-state index in [1.165, 1.54) is 6.26 Å². The molecule has 1 N–H and O–H groups in total. The number of carbonyl (C=O) groups is 1. The van der Waals surface area contributed by atoms with Gasteiger partial charge in [0, 0.05) is 15.7 Å². The highest BCUT2D eigenvalue weighted by atomic mass is 79.9. The molecule has 0 spiro atoms. The largest absolute Gasteiger partial charge is 0.469 e. The van der Waals surface area contributed by atoms with E-state index in [1.54, 1.807) is 13.0 Å². The van der Waals surface area contributed by atoms with Gasteiger partial charge in [0.25, 0.3) is 5.91 Å². The van der Waals surface area contributed by atoms with Crippen molar-refractivity contribution in [2.75, 3.05) is 5.32 Å². The molecule has 3 aromatic rings. The molecule has 1 aromatic heterocycles. The molecule has 0 unspecified atom stereocenters. The third kappa shape index (κ3) is 2.97. The Hall–Kier alpha value is -2.33. The maximum absolute atomic E-state index is 12.4. The number of furan rings is 1. The fourth-order valence-electron chi connectivity index (χ4n) is 2.28. The van der Waals surface area contributed by atoms with E-state index in [0.29, 0.717) is 11.3 Å². The number of halogens is 1. The summed E-state index contributed by atoms with van der Waals surface area (Å²) in [4.78, 5) is 12.4. The summed E-state index contributed by atoms with van der Waals surface area (Å²) in [5, 5.41) is 2.96. The first kappa shape index (κ1) is 14.6. The Bertz CT molecular complexity index is 806. The highest BCUT2D eigenvalue weighted by Crippen LogP contribution is 2.29.